The average Bonchev–Trinajstić information content (AvgIpc) is 2.58. The molecule has 0 bridgehead atoms. The minimum Gasteiger partial charge on any atom is -0.360 e. The van der Waals surface area contributed by atoms with Gasteiger partial charge in [-0.05, 0) is 36.4 Å². The standard InChI is InChI=1S/C17H19ClN4O2/c1-20-8-10-21(11-9-20)15-5-3-14(4-6-15)19-16-7-2-13(18)12-17(16)22(23)24/h2-7,12,19H,8-11H2,1H3/p+1. The van der Waals surface area contributed by atoms with Crippen LogP contribution in [-0.4, -0.2) is 38.2 Å². The van der Waals surface area contributed by atoms with Gasteiger partial charge in [-0.3, -0.25) is 10.1 Å². The molecule has 126 valence electrons. The summed E-state index contributed by atoms with van der Waals surface area (Å²) in [5.74, 6) is 0. The second-order valence-electron chi connectivity index (χ2n) is 6.03. The maximum Gasteiger partial charge on any atom is 0.294 e. The first-order chi connectivity index (χ1) is 11.5. The zero-order valence-corrected chi connectivity index (χ0v) is 14.2. The Balaban J connectivity index is 1.74. The smallest absolute Gasteiger partial charge is 0.294 e. The molecule has 2 N–H and O–H groups in total. The van der Waals surface area contributed by atoms with Crippen molar-refractivity contribution in [2.24, 2.45) is 0 Å². The molecule has 1 fully saturated rings. The highest BCUT2D eigenvalue weighted by Crippen LogP contribution is 2.31. The first kappa shape index (κ1) is 16.5. The van der Waals surface area contributed by atoms with Crippen LogP contribution in [0.15, 0.2) is 42.5 Å². The molecule has 0 spiro atoms. The van der Waals surface area contributed by atoms with Gasteiger partial charge in [-0.1, -0.05) is 11.6 Å². The summed E-state index contributed by atoms with van der Waals surface area (Å²) in [5, 5.41) is 14.6. The predicted octanol–water partition coefficient (Wildman–Crippen LogP) is 2.33. The largest absolute Gasteiger partial charge is 0.360 e. The molecule has 2 aromatic carbocycles. The van der Waals surface area contributed by atoms with Crippen LogP contribution in [0.2, 0.25) is 5.02 Å². The Bertz CT molecular complexity index is 728. The van der Waals surface area contributed by atoms with E-state index in [0.29, 0.717) is 10.7 Å². The molecule has 0 unspecified atom stereocenters. The van der Waals surface area contributed by atoms with E-state index in [4.69, 9.17) is 11.6 Å². The van der Waals surface area contributed by atoms with E-state index < -0.39 is 4.92 Å². The van der Waals surface area contributed by atoms with Crippen molar-refractivity contribution in [2.75, 3.05) is 43.4 Å². The number of likely N-dealkylation sites (N-methyl/N-ethyl adjacent to an activating group) is 1. The van der Waals surface area contributed by atoms with Crippen molar-refractivity contribution in [1.29, 1.82) is 0 Å². The third kappa shape index (κ3) is 3.77. The van der Waals surface area contributed by atoms with Gasteiger partial charge in [0.2, 0.25) is 0 Å². The number of hydrogen-bond donors (Lipinski definition) is 2. The second kappa shape index (κ2) is 7.07. The van der Waals surface area contributed by atoms with Crippen LogP contribution in [0.4, 0.5) is 22.7 Å². The van der Waals surface area contributed by atoms with Gasteiger partial charge in [0.15, 0.2) is 0 Å². The molecule has 2 aromatic rings. The van der Waals surface area contributed by atoms with Crippen LogP contribution in [0.3, 0.4) is 0 Å². The van der Waals surface area contributed by atoms with Gasteiger partial charge in [-0.2, -0.15) is 0 Å². The van der Waals surface area contributed by atoms with Gasteiger partial charge in [0, 0.05) is 22.5 Å². The van der Waals surface area contributed by atoms with Crippen molar-refractivity contribution in [2.45, 2.75) is 0 Å². The number of anilines is 3. The number of nitro benzene ring substituents is 1. The maximum atomic E-state index is 11.1. The van der Waals surface area contributed by atoms with Crippen LogP contribution in [0.5, 0.6) is 0 Å². The monoisotopic (exact) mass is 347 g/mol. The summed E-state index contributed by atoms with van der Waals surface area (Å²) in [5.41, 5.74) is 2.39. The van der Waals surface area contributed by atoms with E-state index in [1.807, 2.05) is 24.3 Å². The van der Waals surface area contributed by atoms with Crippen LogP contribution in [0.25, 0.3) is 0 Å². The first-order valence-electron chi connectivity index (χ1n) is 7.90. The summed E-state index contributed by atoms with van der Waals surface area (Å²) in [4.78, 5) is 14.6. The molecule has 1 aliphatic rings. The molecule has 7 heteroatoms. The van der Waals surface area contributed by atoms with Crippen LogP contribution >= 0.6 is 11.6 Å². The van der Waals surface area contributed by atoms with Crippen LogP contribution in [0.1, 0.15) is 0 Å². The van der Waals surface area contributed by atoms with Crippen molar-refractivity contribution in [3.05, 3.63) is 57.6 Å². The van der Waals surface area contributed by atoms with E-state index in [1.54, 1.807) is 17.0 Å². The zero-order chi connectivity index (χ0) is 17.1. The number of hydrogen-bond acceptors (Lipinski definition) is 4. The van der Waals surface area contributed by atoms with Gasteiger partial charge in [0.25, 0.3) is 5.69 Å². The number of halogens is 1. The molecule has 0 atom stereocenters. The second-order valence-corrected chi connectivity index (χ2v) is 6.47. The Kier molecular flexibility index (Phi) is 4.87. The summed E-state index contributed by atoms with van der Waals surface area (Å²) in [6.07, 6.45) is 0. The highest BCUT2D eigenvalue weighted by molar-refractivity contribution is 6.30. The van der Waals surface area contributed by atoms with E-state index in [9.17, 15) is 10.1 Å². The van der Waals surface area contributed by atoms with Crippen molar-refractivity contribution < 1.29 is 9.82 Å². The van der Waals surface area contributed by atoms with E-state index >= 15 is 0 Å². The van der Waals surface area contributed by atoms with E-state index in [-0.39, 0.29) is 5.69 Å². The molecule has 6 nitrogen and oxygen atoms in total. The van der Waals surface area contributed by atoms with E-state index in [0.717, 1.165) is 31.9 Å². The fourth-order valence-corrected chi connectivity index (χ4v) is 2.99. The number of piperazine rings is 1. The van der Waals surface area contributed by atoms with Gasteiger partial charge in [-0.25, -0.2) is 0 Å². The molecule has 3 rings (SSSR count). The molecule has 0 aromatic heterocycles. The Labute approximate surface area is 145 Å². The normalized spacial score (nSPS) is 15.3. The Morgan fingerprint density at radius 1 is 1.17 bits per heavy atom. The molecule has 0 aliphatic carbocycles. The van der Waals surface area contributed by atoms with E-state index in [2.05, 4.69) is 17.3 Å². The summed E-state index contributed by atoms with van der Waals surface area (Å²) in [7, 11) is 2.21. The third-order valence-corrected chi connectivity index (χ3v) is 4.52. The van der Waals surface area contributed by atoms with Gasteiger partial charge >= 0.3 is 0 Å². The predicted molar refractivity (Wildman–Crippen MR) is 96.7 cm³/mol. The van der Waals surface area contributed by atoms with E-state index in [1.165, 1.54) is 11.8 Å². The summed E-state index contributed by atoms with van der Waals surface area (Å²) in [6, 6.07) is 12.6. The molecular weight excluding hydrogens is 328 g/mol. The van der Waals surface area contributed by atoms with Crippen LogP contribution in [0, 0.1) is 10.1 Å². The molecule has 0 amide bonds. The number of nitro groups is 1. The number of quaternary nitrogens is 1. The van der Waals surface area contributed by atoms with Crippen molar-refractivity contribution >= 4 is 34.4 Å². The zero-order valence-electron chi connectivity index (χ0n) is 13.5. The van der Waals surface area contributed by atoms with Gasteiger partial charge < -0.3 is 15.1 Å². The first-order valence-corrected chi connectivity index (χ1v) is 8.28. The molecule has 0 saturated carbocycles. The molecule has 0 radical (unpaired) electrons. The number of nitrogens with zero attached hydrogens (tertiary/aromatic N) is 2. The molecular formula is C17H20ClN4O2+. The molecule has 24 heavy (non-hydrogen) atoms. The van der Waals surface area contributed by atoms with Crippen LogP contribution < -0.4 is 15.1 Å². The minimum atomic E-state index is -0.435. The average molecular weight is 348 g/mol. The fourth-order valence-electron chi connectivity index (χ4n) is 2.82. The Hall–Kier alpha value is -2.31. The SMILES string of the molecule is C[NH+]1CCN(c2ccc(Nc3ccc(Cl)cc3[N+](=O)[O-])cc2)CC1. The third-order valence-electron chi connectivity index (χ3n) is 4.28. The summed E-state index contributed by atoms with van der Waals surface area (Å²) in [6.45, 7) is 4.36. The van der Waals surface area contributed by atoms with Crippen LogP contribution in [-0.2, 0) is 0 Å². The minimum absolute atomic E-state index is 0.0337. The fraction of sp³-hybridized carbons (Fsp3) is 0.294. The van der Waals surface area contributed by atoms with Crippen molar-refractivity contribution in [3.63, 3.8) is 0 Å². The summed E-state index contributed by atoms with van der Waals surface area (Å²) < 4.78 is 0. The van der Waals surface area contributed by atoms with Crippen molar-refractivity contribution in [1.82, 2.24) is 0 Å². The molecule has 1 heterocycles. The number of nitrogens with one attached hydrogen (secondary N) is 2. The lowest BCUT2D eigenvalue weighted by molar-refractivity contribution is -0.880. The van der Waals surface area contributed by atoms with Gasteiger partial charge in [-0.15, -0.1) is 0 Å². The lowest BCUT2D eigenvalue weighted by Gasteiger charge is -2.31. The Morgan fingerprint density at radius 2 is 1.83 bits per heavy atom. The molecule has 1 aliphatic heterocycles. The summed E-state index contributed by atoms with van der Waals surface area (Å²) >= 11 is 5.84. The Morgan fingerprint density at radius 3 is 2.46 bits per heavy atom. The van der Waals surface area contributed by atoms with Gasteiger partial charge in [0.05, 0.1) is 38.2 Å². The van der Waals surface area contributed by atoms with Crippen molar-refractivity contribution in [3.8, 4) is 0 Å². The number of benzene rings is 2. The lowest BCUT2D eigenvalue weighted by atomic mass is 10.2. The maximum absolute atomic E-state index is 11.1. The highest BCUT2D eigenvalue weighted by Gasteiger charge is 2.17. The van der Waals surface area contributed by atoms with Gasteiger partial charge in [0.1, 0.15) is 5.69 Å². The topological polar surface area (TPSA) is 62.8 Å². The quantitative estimate of drug-likeness (QED) is 0.658. The molecule has 1 saturated heterocycles. The number of rotatable bonds is 4. The highest BCUT2D eigenvalue weighted by atomic mass is 35.5. The lowest BCUT2D eigenvalue weighted by Crippen LogP contribution is -3.12.